The van der Waals surface area contributed by atoms with Crippen molar-refractivity contribution >= 4 is 0 Å². The van der Waals surface area contributed by atoms with E-state index in [2.05, 4.69) is 20.2 Å². The third-order valence-corrected chi connectivity index (χ3v) is 2.47. The molecule has 9 heteroatoms. The van der Waals surface area contributed by atoms with Crippen LogP contribution < -0.4 is 5.32 Å². The third-order valence-electron chi connectivity index (χ3n) is 2.47. The first-order valence-corrected chi connectivity index (χ1v) is 5.45. The molecule has 0 saturated carbocycles. The van der Waals surface area contributed by atoms with Gasteiger partial charge in [0.1, 0.15) is 13.2 Å². The fraction of sp³-hybridized carbons (Fsp3) is 0.800. The Morgan fingerprint density at radius 2 is 2.00 bits per heavy atom. The number of rotatable bonds is 7. The van der Waals surface area contributed by atoms with Gasteiger partial charge in [0.2, 0.25) is 5.89 Å². The van der Waals surface area contributed by atoms with Gasteiger partial charge >= 0.3 is 12.3 Å². The van der Waals surface area contributed by atoms with E-state index < -0.39 is 31.1 Å². The van der Waals surface area contributed by atoms with Crippen molar-refractivity contribution in [3.05, 3.63) is 11.7 Å². The van der Waals surface area contributed by atoms with Gasteiger partial charge in [-0.05, 0) is 20.9 Å². The van der Waals surface area contributed by atoms with E-state index in [4.69, 9.17) is 4.52 Å². The van der Waals surface area contributed by atoms with E-state index >= 15 is 0 Å². The van der Waals surface area contributed by atoms with E-state index in [1.54, 1.807) is 20.9 Å². The predicted molar refractivity (Wildman–Crippen MR) is 57.0 cm³/mol. The molecule has 0 aliphatic heterocycles. The number of alkyl halides is 4. The lowest BCUT2D eigenvalue weighted by Crippen LogP contribution is -2.33. The van der Waals surface area contributed by atoms with Gasteiger partial charge in [-0.25, -0.2) is 8.78 Å². The maximum Gasteiger partial charge on any atom is 0.330 e. The van der Waals surface area contributed by atoms with Crippen LogP contribution >= 0.6 is 0 Å². The van der Waals surface area contributed by atoms with E-state index in [0.717, 1.165) is 0 Å². The second-order valence-corrected chi connectivity index (χ2v) is 4.45. The zero-order valence-electron chi connectivity index (χ0n) is 10.7. The Labute approximate surface area is 107 Å². The lowest BCUT2D eigenvalue weighted by molar-refractivity contribution is -0.168. The molecule has 0 atom stereocenters. The standard InChI is InChI=1S/C10H15F4N3O2/c1-9(2,15-3)8-16-6(17-19-8)4-18-5-10(13,14)7(11)12/h7,15H,4-5H2,1-3H3. The quantitative estimate of drug-likeness (QED) is 0.776. The number of aromatic nitrogens is 2. The summed E-state index contributed by atoms with van der Waals surface area (Å²) in [5.41, 5.74) is -0.585. The van der Waals surface area contributed by atoms with Crippen LogP contribution in [0.15, 0.2) is 4.52 Å². The summed E-state index contributed by atoms with van der Waals surface area (Å²) in [6.07, 6.45) is -3.77. The molecule has 1 rings (SSSR count). The molecular formula is C10H15F4N3O2. The largest absolute Gasteiger partial charge is 0.367 e. The lowest BCUT2D eigenvalue weighted by Gasteiger charge is -2.17. The molecule has 0 fully saturated rings. The van der Waals surface area contributed by atoms with E-state index in [9.17, 15) is 17.6 Å². The minimum atomic E-state index is -4.18. The maximum atomic E-state index is 12.5. The molecule has 0 amide bonds. The summed E-state index contributed by atoms with van der Waals surface area (Å²) in [6.45, 7) is 1.72. The van der Waals surface area contributed by atoms with Crippen molar-refractivity contribution in [2.75, 3.05) is 13.7 Å². The van der Waals surface area contributed by atoms with Gasteiger partial charge in [-0.2, -0.15) is 13.8 Å². The number of hydrogen-bond donors (Lipinski definition) is 1. The van der Waals surface area contributed by atoms with Crippen LogP contribution in [0.3, 0.4) is 0 Å². The van der Waals surface area contributed by atoms with Crippen LogP contribution in [0, 0.1) is 0 Å². The molecule has 1 aromatic heterocycles. The average Bonchev–Trinajstić information content (AvgIpc) is 2.78. The van der Waals surface area contributed by atoms with Crippen molar-refractivity contribution < 1.29 is 26.8 Å². The molecule has 0 bridgehead atoms. The lowest BCUT2D eigenvalue weighted by atomic mass is 10.1. The van der Waals surface area contributed by atoms with Crippen molar-refractivity contribution in [2.45, 2.75) is 38.3 Å². The van der Waals surface area contributed by atoms with Gasteiger partial charge in [-0.3, -0.25) is 0 Å². The van der Waals surface area contributed by atoms with Crippen LogP contribution in [0.25, 0.3) is 0 Å². The summed E-state index contributed by atoms with van der Waals surface area (Å²) in [5, 5.41) is 6.42. The van der Waals surface area contributed by atoms with E-state index in [1.165, 1.54) is 0 Å². The number of nitrogens with one attached hydrogen (secondary N) is 1. The molecule has 0 saturated heterocycles. The summed E-state index contributed by atoms with van der Waals surface area (Å²) in [7, 11) is 1.68. The van der Waals surface area contributed by atoms with Gasteiger partial charge in [0, 0.05) is 0 Å². The first-order chi connectivity index (χ1) is 8.69. The molecule has 110 valence electrons. The molecular weight excluding hydrogens is 270 g/mol. The fourth-order valence-electron chi connectivity index (χ4n) is 1.01. The highest BCUT2D eigenvalue weighted by atomic mass is 19.3. The highest BCUT2D eigenvalue weighted by Gasteiger charge is 2.41. The van der Waals surface area contributed by atoms with Crippen LogP contribution in [0.2, 0.25) is 0 Å². The minimum Gasteiger partial charge on any atom is -0.367 e. The molecule has 5 nitrogen and oxygen atoms in total. The zero-order valence-corrected chi connectivity index (χ0v) is 10.7. The van der Waals surface area contributed by atoms with Crippen LogP contribution in [-0.2, 0) is 16.9 Å². The van der Waals surface area contributed by atoms with Gasteiger partial charge in [0.25, 0.3) is 0 Å². The highest BCUT2D eigenvalue weighted by molar-refractivity contribution is 4.98. The number of nitrogens with zero attached hydrogens (tertiary/aromatic N) is 2. The van der Waals surface area contributed by atoms with Crippen LogP contribution in [-0.4, -0.2) is 36.1 Å². The van der Waals surface area contributed by atoms with Gasteiger partial charge in [0.05, 0.1) is 5.54 Å². The van der Waals surface area contributed by atoms with Gasteiger partial charge in [-0.15, -0.1) is 0 Å². The SMILES string of the molecule is CNC(C)(C)c1nc(COCC(F)(F)C(F)F)no1. The molecule has 0 aliphatic carbocycles. The first-order valence-electron chi connectivity index (χ1n) is 5.45. The van der Waals surface area contributed by atoms with Gasteiger partial charge in [0.15, 0.2) is 5.82 Å². The monoisotopic (exact) mass is 285 g/mol. The van der Waals surface area contributed by atoms with Crippen molar-refractivity contribution in [2.24, 2.45) is 0 Å². The normalized spacial score (nSPS) is 13.3. The Kier molecular flexibility index (Phi) is 4.86. The van der Waals surface area contributed by atoms with Crippen LogP contribution in [0.4, 0.5) is 17.6 Å². The molecule has 0 radical (unpaired) electrons. The summed E-state index contributed by atoms with van der Waals surface area (Å²) >= 11 is 0. The third kappa shape index (κ3) is 4.13. The maximum absolute atomic E-state index is 12.5. The van der Waals surface area contributed by atoms with Crippen molar-refractivity contribution in [1.29, 1.82) is 0 Å². The fourth-order valence-corrected chi connectivity index (χ4v) is 1.01. The smallest absolute Gasteiger partial charge is 0.330 e. The topological polar surface area (TPSA) is 60.2 Å². The summed E-state index contributed by atoms with van der Waals surface area (Å²) in [5.74, 6) is -3.92. The molecule has 0 spiro atoms. The second-order valence-electron chi connectivity index (χ2n) is 4.45. The molecule has 0 unspecified atom stereocenters. The van der Waals surface area contributed by atoms with E-state index in [0.29, 0.717) is 0 Å². The Bertz CT molecular complexity index is 409. The summed E-state index contributed by atoms with van der Waals surface area (Å²) < 4.78 is 58.2. The van der Waals surface area contributed by atoms with Crippen molar-refractivity contribution in [3.8, 4) is 0 Å². The molecule has 1 N–H and O–H groups in total. The van der Waals surface area contributed by atoms with Crippen LogP contribution in [0.1, 0.15) is 25.6 Å². The van der Waals surface area contributed by atoms with Gasteiger partial charge < -0.3 is 14.6 Å². The molecule has 0 aromatic carbocycles. The van der Waals surface area contributed by atoms with E-state index in [1.807, 2.05) is 0 Å². The van der Waals surface area contributed by atoms with Crippen LogP contribution in [0.5, 0.6) is 0 Å². The number of ether oxygens (including phenoxy) is 1. The Balaban J connectivity index is 2.52. The summed E-state index contributed by atoms with van der Waals surface area (Å²) in [4.78, 5) is 3.92. The Morgan fingerprint density at radius 1 is 1.37 bits per heavy atom. The van der Waals surface area contributed by atoms with Crippen molar-refractivity contribution in [1.82, 2.24) is 15.5 Å². The number of hydrogen-bond acceptors (Lipinski definition) is 5. The second kappa shape index (κ2) is 5.83. The zero-order chi connectivity index (χ0) is 14.7. The molecule has 1 heterocycles. The number of halogens is 4. The summed E-state index contributed by atoms with van der Waals surface area (Å²) in [6, 6.07) is 0. The Morgan fingerprint density at radius 3 is 2.53 bits per heavy atom. The predicted octanol–water partition coefficient (Wildman–Crippen LogP) is 1.94. The Hall–Kier alpha value is -1.22. The van der Waals surface area contributed by atoms with E-state index in [-0.39, 0.29) is 11.7 Å². The molecule has 19 heavy (non-hydrogen) atoms. The highest BCUT2D eigenvalue weighted by Crippen LogP contribution is 2.23. The average molecular weight is 285 g/mol. The minimum absolute atomic E-state index is 0.0170. The van der Waals surface area contributed by atoms with Gasteiger partial charge in [-0.1, -0.05) is 5.16 Å². The molecule has 0 aliphatic rings. The molecule has 1 aromatic rings. The first kappa shape index (κ1) is 15.8. The van der Waals surface area contributed by atoms with Crippen molar-refractivity contribution in [3.63, 3.8) is 0 Å².